The first kappa shape index (κ1) is 27.7. The molecule has 0 aromatic heterocycles. The minimum atomic E-state index is -4.97. The number of rotatable bonds is 7. The molecule has 0 bridgehead atoms. The molecule has 0 aliphatic carbocycles. The Morgan fingerprint density at radius 1 is 1.08 bits per heavy atom. The molecule has 0 fully saturated rings. The fourth-order valence-corrected chi connectivity index (χ4v) is 4.37. The largest absolute Gasteiger partial charge is 0.428 e. The summed E-state index contributed by atoms with van der Waals surface area (Å²) in [5.74, 6) is -1.48. The van der Waals surface area contributed by atoms with Crippen molar-refractivity contribution in [1.82, 2.24) is 16.3 Å². The summed E-state index contributed by atoms with van der Waals surface area (Å²) < 4.78 is 57.1. The van der Waals surface area contributed by atoms with Crippen molar-refractivity contribution in [2.45, 2.75) is 31.7 Å². The van der Waals surface area contributed by atoms with Gasteiger partial charge in [0, 0.05) is 29.1 Å². The second-order valence-electron chi connectivity index (χ2n) is 8.55. The minimum Gasteiger partial charge on any atom is -0.327 e. The number of amides is 1. The van der Waals surface area contributed by atoms with Crippen LogP contribution in [0.3, 0.4) is 0 Å². The van der Waals surface area contributed by atoms with Crippen LogP contribution in [0.1, 0.15) is 35.3 Å². The highest BCUT2D eigenvalue weighted by Crippen LogP contribution is 2.49. The van der Waals surface area contributed by atoms with Gasteiger partial charge in [-0.1, -0.05) is 53.5 Å². The first-order valence-corrected chi connectivity index (χ1v) is 12.0. The van der Waals surface area contributed by atoms with Gasteiger partial charge in [0.15, 0.2) is 5.82 Å². The molecule has 1 aliphatic rings. The first-order valence-electron chi connectivity index (χ1n) is 11.2. The summed E-state index contributed by atoms with van der Waals surface area (Å²) in [6.45, 7) is 3.66. The molecule has 1 unspecified atom stereocenters. The smallest absolute Gasteiger partial charge is 0.327 e. The second kappa shape index (κ2) is 10.8. The quantitative estimate of drug-likeness (QED) is 0.167. The minimum absolute atomic E-state index is 0.0167. The van der Waals surface area contributed by atoms with Gasteiger partial charge < -0.3 is 5.32 Å². The fraction of sp³-hybridized carbons (Fsp3) is 0.192. The summed E-state index contributed by atoms with van der Waals surface area (Å²) in [4.78, 5) is 23.1. The molecule has 38 heavy (non-hydrogen) atoms. The van der Waals surface area contributed by atoms with Crippen molar-refractivity contribution in [3.8, 4) is 0 Å². The van der Waals surface area contributed by atoms with Crippen molar-refractivity contribution in [2.75, 3.05) is 0 Å². The van der Waals surface area contributed by atoms with E-state index in [0.717, 1.165) is 18.2 Å². The second-order valence-corrected chi connectivity index (χ2v) is 9.36. The molecule has 3 aromatic rings. The first-order chi connectivity index (χ1) is 17.9. The molecule has 3 N–H and O–H groups in total. The van der Waals surface area contributed by atoms with Crippen molar-refractivity contribution >= 4 is 45.6 Å². The topological polar surface area (TPSA) is 71.6 Å². The number of hydrogen-bond acceptors (Lipinski definition) is 5. The van der Waals surface area contributed by atoms with E-state index in [2.05, 4.69) is 16.3 Å². The number of hydrogen-bond donors (Lipinski definition) is 3. The normalized spacial score (nSPS) is 17.7. The lowest BCUT2D eigenvalue weighted by molar-refractivity contribution is -0.269. The van der Waals surface area contributed by atoms with Crippen LogP contribution in [0, 0.1) is 5.82 Å². The van der Waals surface area contributed by atoms with E-state index in [9.17, 15) is 22.4 Å². The standard InChI is InChI=1S/C26H21Cl2F4N3O3/c1-14(2)37-34-10-9-33-24(36)19-8-7-18(16-5-3-4-6-17(16)19)22-13-25(38-35-22,26(30,31)32)15-11-20(27)23(29)21(28)12-15/h3-14,34-35H,1-2H3,(H,33,36). The monoisotopic (exact) mass is 569 g/mol. The molecule has 3 aromatic carbocycles. The lowest BCUT2D eigenvalue weighted by Gasteiger charge is -2.28. The van der Waals surface area contributed by atoms with E-state index in [-0.39, 0.29) is 17.4 Å². The molecule has 6 nitrogen and oxygen atoms in total. The summed E-state index contributed by atoms with van der Waals surface area (Å²) in [6.07, 6.45) is -1.44. The molecule has 0 saturated heterocycles. The van der Waals surface area contributed by atoms with Crippen molar-refractivity contribution in [3.05, 3.63) is 99.6 Å². The highest BCUT2D eigenvalue weighted by molar-refractivity contribution is 6.35. The number of carbonyl (C=O) groups is 1. The van der Waals surface area contributed by atoms with Gasteiger partial charge in [0.1, 0.15) is 0 Å². The van der Waals surface area contributed by atoms with Crippen LogP contribution in [0.25, 0.3) is 16.5 Å². The SMILES string of the molecule is CC(C)ONC=CNC(=O)c1ccc(C2=CC(c3cc(Cl)c(F)c(Cl)c3)(C(F)(F)F)ON2)c2ccccc12. The van der Waals surface area contributed by atoms with Crippen LogP contribution in [0.2, 0.25) is 10.0 Å². The van der Waals surface area contributed by atoms with Gasteiger partial charge in [-0.25, -0.2) is 4.39 Å². The maximum absolute atomic E-state index is 14.4. The number of carbonyl (C=O) groups excluding carboxylic acids is 1. The van der Waals surface area contributed by atoms with Gasteiger partial charge in [-0.2, -0.15) is 13.2 Å². The van der Waals surface area contributed by atoms with Crippen molar-refractivity contribution in [2.24, 2.45) is 0 Å². The predicted molar refractivity (Wildman–Crippen MR) is 136 cm³/mol. The van der Waals surface area contributed by atoms with E-state index in [1.165, 1.54) is 24.5 Å². The van der Waals surface area contributed by atoms with Crippen LogP contribution in [-0.2, 0) is 15.3 Å². The zero-order chi connectivity index (χ0) is 27.7. The average molecular weight is 570 g/mol. The Kier molecular flexibility index (Phi) is 7.89. The molecule has 200 valence electrons. The Balaban J connectivity index is 1.74. The van der Waals surface area contributed by atoms with Gasteiger partial charge in [0.2, 0.25) is 5.60 Å². The summed E-state index contributed by atoms with van der Waals surface area (Å²) in [7, 11) is 0. The predicted octanol–water partition coefficient (Wildman–Crippen LogP) is 6.75. The van der Waals surface area contributed by atoms with Crippen LogP contribution < -0.4 is 16.3 Å². The highest BCUT2D eigenvalue weighted by Gasteiger charge is 2.60. The lowest BCUT2D eigenvalue weighted by atomic mass is 9.90. The number of hydroxylamine groups is 2. The molecule has 0 radical (unpaired) electrons. The summed E-state index contributed by atoms with van der Waals surface area (Å²) in [5.41, 5.74) is 2.01. The van der Waals surface area contributed by atoms with Gasteiger partial charge in [0.25, 0.3) is 5.91 Å². The van der Waals surface area contributed by atoms with Crippen molar-refractivity contribution in [3.63, 3.8) is 0 Å². The number of halogens is 6. The van der Waals surface area contributed by atoms with E-state index >= 15 is 0 Å². The molecule has 1 amide bonds. The Hall–Kier alpha value is -3.31. The van der Waals surface area contributed by atoms with Crippen LogP contribution in [0.4, 0.5) is 17.6 Å². The Morgan fingerprint density at radius 3 is 2.37 bits per heavy atom. The van der Waals surface area contributed by atoms with E-state index < -0.39 is 39.1 Å². The number of nitrogens with one attached hydrogen (secondary N) is 3. The third kappa shape index (κ3) is 5.30. The van der Waals surface area contributed by atoms with Gasteiger partial charge in [-0.3, -0.25) is 25.4 Å². The van der Waals surface area contributed by atoms with E-state index in [0.29, 0.717) is 16.3 Å². The molecular weight excluding hydrogens is 549 g/mol. The summed E-state index contributed by atoms with van der Waals surface area (Å²) in [5, 5.41) is 2.42. The Labute approximate surface area is 225 Å². The van der Waals surface area contributed by atoms with Crippen molar-refractivity contribution < 1.29 is 32.0 Å². The highest BCUT2D eigenvalue weighted by atomic mass is 35.5. The zero-order valence-corrected chi connectivity index (χ0v) is 21.4. The summed E-state index contributed by atoms with van der Waals surface area (Å²) >= 11 is 11.6. The molecule has 1 heterocycles. The molecule has 0 saturated carbocycles. The van der Waals surface area contributed by atoms with Gasteiger partial charge in [0.05, 0.1) is 21.8 Å². The van der Waals surface area contributed by atoms with E-state index in [1.54, 1.807) is 24.3 Å². The van der Waals surface area contributed by atoms with E-state index in [1.807, 2.05) is 13.8 Å². The lowest BCUT2D eigenvalue weighted by Crippen LogP contribution is -2.42. The van der Waals surface area contributed by atoms with Crippen LogP contribution >= 0.6 is 23.2 Å². The maximum Gasteiger partial charge on any atom is 0.428 e. The van der Waals surface area contributed by atoms with Gasteiger partial charge >= 0.3 is 6.18 Å². The molecule has 1 aliphatic heterocycles. The Bertz CT molecular complexity index is 1420. The van der Waals surface area contributed by atoms with Gasteiger partial charge in [-0.05, 0) is 48.9 Å². The van der Waals surface area contributed by atoms with Gasteiger partial charge in [-0.15, -0.1) is 0 Å². The molecule has 4 rings (SSSR count). The number of fused-ring (bicyclic) bond motifs is 1. The third-order valence-electron chi connectivity index (χ3n) is 5.63. The molecule has 0 spiro atoms. The zero-order valence-electron chi connectivity index (χ0n) is 19.9. The third-order valence-corrected chi connectivity index (χ3v) is 6.18. The van der Waals surface area contributed by atoms with Crippen LogP contribution in [0.5, 0.6) is 0 Å². The van der Waals surface area contributed by atoms with E-state index in [4.69, 9.17) is 32.9 Å². The number of alkyl halides is 3. The van der Waals surface area contributed by atoms with Crippen molar-refractivity contribution in [1.29, 1.82) is 0 Å². The average Bonchev–Trinajstić information content (AvgIpc) is 3.32. The molecule has 1 atom stereocenters. The summed E-state index contributed by atoms with van der Waals surface area (Å²) in [6, 6.07) is 11.3. The molecule has 12 heteroatoms. The molecular formula is C26H21Cl2F4N3O3. The van der Waals surface area contributed by atoms with Crippen LogP contribution in [0.15, 0.2) is 67.0 Å². The Morgan fingerprint density at radius 2 is 1.74 bits per heavy atom. The fourth-order valence-electron chi connectivity index (χ4n) is 3.88. The maximum atomic E-state index is 14.4. The van der Waals surface area contributed by atoms with Crippen LogP contribution in [-0.4, -0.2) is 18.2 Å². The number of benzene rings is 3.